The van der Waals surface area contributed by atoms with Gasteiger partial charge in [0.2, 0.25) is 0 Å². The molecule has 0 saturated heterocycles. The average molecular weight is 216 g/mol. The molecule has 3 rings (SSSR count). The lowest BCUT2D eigenvalue weighted by molar-refractivity contribution is 0.0697. The van der Waals surface area contributed by atoms with E-state index >= 15 is 0 Å². The van der Waals surface area contributed by atoms with Crippen LogP contribution in [-0.4, -0.2) is 22.2 Å². The Morgan fingerprint density at radius 3 is 3.00 bits per heavy atom. The number of hydrogen-bond acceptors (Lipinski definition) is 2. The maximum absolute atomic E-state index is 11.3. The number of aromatic nitrogens is 1. The molecule has 2 N–H and O–H groups in total. The Morgan fingerprint density at radius 2 is 2.19 bits per heavy atom. The third-order valence-electron chi connectivity index (χ3n) is 3.10. The molecule has 0 spiro atoms. The quantitative estimate of drug-likeness (QED) is 0.758. The molecule has 1 aromatic carbocycles. The normalized spacial score (nSPS) is 15.0. The molecule has 0 saturated carbocycles. The minimum atomic E-state index is -0.839. The topological polar surface area (TPSA) is 54.3 Å². The van der Waals surface area contributed by atoms with Gasteiger partial charge in [-0.05, 0) is 6.07 Å². The Bertz CT molecular complexity index is 572. The van der Waals surface area contributed by atoms with Gasteiger partial charge in [-0.15, -0.1) is 0 Å². The molecule has 2 aromatic rings. The fourth-order valence-corrected chi connectivity index (χ4v) is 2.43. The Balaban J connectivity index is 2.41. The van der Waals surface area contributed by atoms with Gasteiger partial charge in [-0.2, -0.15) is 0 Å². The number of hydrogen-bond donors (Lipinski definition) is 2. The highest BCUT2D eigenvalue weighted by molar-refractivity contribution is 6.05. The Labute approximate surface area is 92.5 Å². The summed E-state index contributed by atoms with van der Waals surface area (Å²) in [4.78, 5) is 11.3. The van der Waals surface area contributed by atoms with Crippen LogP contribution in [0.15, 0.2) is 24.3 Å². The van der Waals surface area contributed by atoms with E-state index in [9.17, 15) is 9.90 Å². The molecule has 4 nitrogen and oxygen atoms in total. The van der Waals surface area contributed by atoms with Gasteiger partial charge in [-0.3, -0.25) is 0 Å². The fraction of sp³-hybridized carbons (Fsp3) is 0.250. The molecular weight excluding hydrogens is 204 g/mol. The zero-order chi connectivity index (χ0) is 11.1. The van der Waals surface area contributed by atoms with Crippen LogP contribution in [-0.2, 0) is 13.1 Å². The van der Waals surface area contributed by atoms with Crippen LogP contribution < -0.4 is 5.32 Å². The highest BCUT2D eigenvalue weighted by atomic mass is 16.4. The predicted octanol–water partition coefficient (Wildman–Crippen LogP) is 1.44. The SMILES string of the molecule is O=C(O)c1c2n(c3ccccc13)CCNC2. The van der Waals surface area contributed by atoms with Crippen molar-refractivity contribution >= 4 is 16.9 Å². The molecule has 82 valence electrons. The average Bonchev–Trinajstić information content (AvgIpc) is 2.63. The van der Waals surface area contributed by atoms with Gasteiger partial charge in [-0.1, -0.05) is 18.2 Å². The second kappa shape index (κ2) is 3.35. The molecule has 0 fully saturated rings. The van der Waals surface area contributed by atoms with Crippen molar-refractivity contribution in [3.63, 3.8) is 0 Å². The molecule has 1 aromatic heterocycles. The highest BCUT2D eigenvalue weighted by Gasteiger charge is 2.23. The van der Waals surface area contributed by atoms with Crippen LogP contribution in [0, 0.1) is 0 Å². The van der Waals surface area contributed by atoms with Gasteiger partial charge in [0.25, 0.3) is 0 Å². The summed E-state index contributed by atoms with van der Waals surface area (Å²) in [5.74, 6) is -0.839. The van der Waals surface area contributed by atoms with E-state index in [1.807, 2.05) is 24.3 Å². The maximum atomic E-state index is 11.3. The number of carbonyl (C=O) groups is 1. The summed E-state index contributed by atoms with van der Waals surface area (Å²) >= 11 is 0. The molecule has 4 heteroatoms. The molecule has 1 aliphatic rings. The van der Waals surface area contributed by atoms with Crippen LogP contribution in [0.25, 0.3) is 10.9 Å². The van der Waals surface area contributed by atoms with Gasteiger partial charge < -0.3 is 15.0 Å². The van der Waals surface area contributed by atoms with Crippen LogP contribution in [0.1, 0.15) is 16.1 Å². The van der Waals surface area contributed by atoms with E-state index < -0.39 is 5.97 Å². The lowest BCUT2D eigenvalue weighted by Gasteiger charge is -2.17. The molecule has 2 heterocycles. The second-order valence-corrected chi connectivity index (χ2v) is 3.97. The summed E-state index contributed by atoms with van der Waals surface area (Å²) < 4.78 is 2.11. The first-order valence-corrected chi connectivity index (χ1v) is 5.33. The van der Waals surface area contributed by atoms with Crippen LogP contribution in [0.4, 0.5) is 0 Å². The number of aromatic carboxylic acids is 1. The van der Waals surface area contributed by atoms with Crippen molar-refractivity contribution in [1.29, 1.82) is 0 Å². The molecule has 16 heavy (non-hydrogen) atoms. The molecule has 1 aliphatic heterocycles. The van der Waals surface area contributed by atoms with Crippen molar-refractivity contribution in [2.45, 2.75) is 13.1 Å². The maximum Gasteiger partial charge on any atom is 0.338 e. The molecule has 0 aliphatic carbocycles. The zero-order valence-electron chi connectivity index (χ0n) is 8.73. The summed E-state index contributed by atoms with van der Waals surface area (Å²) in [5.41, 5.74) is 2.36. The van der Waals surface area contributed by atoms with Crippen molar-refractivity contribution in [2.24, 2.45) is 0 Å². The number of para-hydroxylation sites is 1. The van der Waals surface area contributed by atoms with E-state index in [-0.39, 0.29) is 0 Å². The molecule has 0 atom stereocenters. The number of benzene rings is 1. The van der Waals surface area contributed by atoms with Crippen LogP contribution in [0.5, 0.6) is 0 Å². The third kappa shape index (κ3) is 1.17. The number of rotatable bonds is 1. The van der Waals surface area contributed by atoms with E-state index in [1.165, 1.54) is 0 Å². The summed E-state index contributed by atoms with van der Waals surface area (Å²) in [7, 11) is 0. The van der Waals surface area contributed by atoms with E-state index in [2.05, 4.69) is 9.88 Å². The van der Waals surface area contributed by atoms with Gasteiger partial charge in [0, 0.05) is 36.2 Å². The molecule has 0 bridgehead atoms. The highest BCUT2D eigenvalue weighted by Crippen LogP contribution is 2.27. The first kappa shape index (κ1) is 9.42. The summed E-state index contributed by atoms with van der Waals surface area (Å²) in [5, 5.41) is 13.3. The van der Waals surface area contributed by atoms with Crippen LogP contribution in [0.3, 0.4) is 0 Å². The number of carboxylic acid groups (broad SMARTS) is 1. The lowest BCUT2D eigenvalue weighted by Crippen LogP contribution is -2.28. The van der Waals surface area contributed by atoms with E-state index in [1.54, 1.807) is 0 Å². The second-order valence-electron chi connectivity index (χ2n) is 3.97. The number of fused-ring (bicyclic) bond motifs is 3. The minimum absolute atomic E-state index is 0.447. The van der Waals surface area contributed by atoms with E-state index in [0.717, 1.165) is 29.7 Å². The smallest absolute Gasteiger partial charge is 0.338 e. The number of carboxylic acids is 1. The van der Waals surface area contributed by atoms with Crippen molar-refractivity contribution in [3.05, 3.63) is 35.5 Å². The zero-order valence-corrected chi connectivity index (χ0v) is 8.73. The number of nitrogens with zero attached hydrogens (tertiary/aromatic N) is 1. The lowest BCUT2D eigenvalue weighted by atomic mass is 10.1. The molecule has 0 unspecified atom stereocenters. The summed E-state index contributed by atoms with van der Waals surface area (Å²) in [6.07, 6.45) is 0. The Hall–Kier alpha value is -1.81. The van der Waals surface area contributed by atoms with Gasteiger partial charge >= 0.3 is 5.97 Å². The van der Waals surface area contributed by atoms with Crippen molar-refractivity contribution in [1.82, 2.24) is 9.88 Å². The molecule has 0 radical (unpaired) electrons. The predicted molar refractivity (Wildman–Crippen MR) is 60.6 cm³/mol. The summed E-state index contributed by atoms with van der Waals surface area (Å²) in [6.45, 7) is 2.37. The van der Waals surface area contributed by atoms with E-state index in [4.69, 9.17) is 0 Å². The van der Waals surface area contributed by atoms with Gasteiger partial charge in [0.1, 0.15) is 0 Å². The van der Waals surface area contributed by atoms with Crippen molar-refractivity contribution in [3.8, 4) is 0 Å². The van der Waals surface area contributed by atoms with Crippen LogP contribution in [0.2, 0.25) is 0 Å². The Kier molecular flexibility index (Phi) is 1.97. The molecular formula is C12H12N2O2. The van der Waals surface area contributed by atoms with Crippen LogP contribution >= 0.6 is 0 Å². The largest absolute Gasteiger partial charge is 0.478 e. The molecule has 0 amide bonds. The third-order valence-corrected chi connectivity index (χ3v) is 3.10. The number of nitrogens with one attached hydrogen (secondary N) is 1. The van der Waals surface area contributed by atoms with E-state index in [0.29, 0.717) is 12.1 Å². The minimum Gasteiger partial charge on any atom is -0.478 e. The Morgan fingerprint density at radius 1 is 1.38 bits per heavy atom. The van der Waals surface area contributed by atoms with Crippen molar-refractivity contribution < 1.29 is 9.90 Å². The van der Waals surface area contributed by atoms with Gasteiger partial charge in [0.05, 0.1) is 5.56 Å². The fourth-order valence-electron chi connectivity index (χ4n) is 2.43. The van der Waals surface area contributed by atoms with Gasteiger partial charge in [0.15, 0.2) is 0 Å². The monoisotopic (exact) mass is 216 g/mol. The first-order valence-electron chi connectivity index (χ1n) is 5.33. The summed E-state index contributed by atoms with van der Waals surface area (Å²) in [6, 6.07) is 7.69. The van der Waals surface area contributed by atoms with Gasteiger partial charge in [-0.25, -0.2) is 4.79 Å². The van der Waals surface area contributed by atoms with Crippen molar-refractivity contribution in [2.75, 3.05) is 6.54 Å². The first-order chi connectivity index (χ1) is 7.79. The standard InChI is InChI=1S/C12H12N2O2/c15-12(16)11-8-3-1-2-4-9(8)14-6-5-13-7-10(11)14/h1-4,13H,5-7H2,(H,15,16).